The second-order valence-electron chi connectivity index (χ2n) is 6.63. The summed E-state index contributed by atoms with van der Waals surface area (Å²) in [7, 11) is -3.93. The lowest BCUT2D eigenvalue weighted by molar-refractivity contribution is 0.0446. The van der Waals surface area contributed by atoms with Gasteiger partial charge in [-0.2, -0.15) is 0 Å². The minimum Gasteiger partial charge on any atom is -0.457 e. The summed E-state index contributed by atoms with van der Waals surface area (Å²) >= 11 is 0. The number of nitrogens with zero attached hydrogens (tertiary/aromatic N) is 1. The smallest absolute Gasteiger partial charge is 0.298 e. The van der Waals surface area contributed by atoms with Gasteiger partial charge in [0.25, 0.3) is 16.0 Å². The third-order valence-electron chi connectivity index (χ3n) is 4.85. The molecular formula is C18H19FN2O3S. The van der Waals surface area contributed by atoms with E-state index in [9.17, 15) is 12.8 Å². The van der Waals surface area contributed by atoms with Gasteiger partial charge in [0.1, 0.15) is 11.4 Å². The topological polar surface area (TPSA) is 81.8 Å². The number of ether oxygens (including phenoxy) is 1. The van der Waals surface area contributed by atoms with Crippen LogP contribution in [-0.4, -0.2) is 20.0 Å². The summed E-state index contributed by atoms with van der Waals surface area (Å²) in [5.74, 6) is -0.310. The van der Waals surface area contributed by atoms with Crippen molar-refractivity contribution in [1.29, 1.82) is 0 Å². The van der Waals surface area contributed by atoms with Crippen LogP contribution in [0.4, 0.5) is 4.39 Å². The van der Waals surface area contributed by atoms with Crippen molar-refractivity contribution >= 4 is 16.0 Å². The summed E-state index contributed by atoms with van der Waals surface area (Å²) in [5.41, 5.74) is 6.64. The van der Waals surface area contributed by atoms with Crippen LogP contribution in [0.15, 0.2) is 52.9 Å². The first kappa shape index (κ1) is 17.4. The van der Waals surface area contributed by atoms with E-state index in [1.165, 1.54) is 12.1 Å². The van der Waals surface area contributed by atoms with Crippen LogP contribution in [0, 0.1) is 5.82 Å². The van der Waals surface area contributed by atoms with E-state index in [2.05, 4.69) is 4.40 Å². The van der Waals surface area contributed by atoms with Gasteiger partial charge in [0.05, 0.1) is 0 Å². The van der Waals surface area contributed by atoms with Crippen LogP contribution >= 0.6 is 0 Å². The first-order chi connectivity index (χ1) is 11.6. The maximum absolute atomic E-state index is 13.1. The second kappa shape index (κ2) is 5.56. The van der Waals surface area contributed by atoms with Crippen molar-refractivity contribution in [3.8, 4) is 11.1 Å². The van der Waals surface area contributed by atoms with Gasteiger partial charge >= 0.3 is 0 Å². The Morgan fingerprint density at radius 1 is 0.960 bits per heavy atom. The quantitative estimate of drug-likeness (QED) is 0.890. The lowest BCUT2D eigenvalue weighted by atomic mass is 9.84. The minimum atomic E-state index is -3.93. The average Bonchev–Trinajstić information content (AvgIpc) is 2.52. The van der Waals surface area contributed by atoms with Crippen molar-refractivity contribution < 1.29 is 17.5 Å². The lowest BCUT2D eigenvalue weighted by Gasteiger charge is -2.44. The molecule has 132 valence electrons. The van der Waals surface area contributed by atoms with E-state index < -0.39 is 20.4 Å². The number of hydrogen-bond donors (Lipinski definition) is 1. The molecule has 1 aliphatic heterocycles. The summed E-state index contributed by atoms with van der Waals surface area (Å²) < 4.78 is 46.2. The number of amidine groups is 1. The number of benzene rings is 2. The highest BCUT2D eigenvalue weighted by molar-refractivity contribution is 7.91. The van der Waals surface area contributed by atoms with Gasteiger partial charge in [-0.05, 0) is 49.6 Å². The van der Waals surface area contributed by atoms with Gasteiger partial charge in [0.2, 0.25) is 0 Å². The van der Waals surface area contributed by atoms with Crippen LogP contribution in [0.25, 0.3) is 11.1 Å². The summed E-state index contributed by atoms with van der Waals surface area (Å²) in [5, 5.41) is 0. The SMILES string of the molecule is CC1(C)OC(N)=NS(=O)(=O)C1(C)c1ccc(-c2ccc(F)cc2)cc1. The summed E-state index contributed by atoms with van der Waals surface area (Å²) in [6.07, 6.45) is 0. The van der Waals surface area contributed by atoms with Crippen molar-refractivity contribution in [2.45, 2.75) is 31.1 Å². The van der Waals surface area contributed by atoms with E-state index in [1.54, 1.807) is 57.2 Å². The molecule has 0 radical (unpaired) electrons. The van der Waals surface area contributed by atoms with Crippen molar-refractivity contribution in [2.75, 3.05) is 0 Å². The molecule has 0 fully saturated rings. The van der Waals surface area contributed by atoms with E-state index >= 15 is 0 Å². The second-order valence-corrected chi connectivity index (χ2v) is 8.58. The molecule has 0 aromatic heterocycles. The van der Waals surface area contributed by atoms with Crippen molar-refractivity contribution in [1.82, 2.24) is 0 Å². The fourth-order valence-corrected chi connectivity index (χ4v) is 4.57. The monoisotopic (exact) mass is 362 g/mol. The molecule has 2 N–H and O–H groups in total. The predicted molar refractivity (Wildman–Crippen MR) is 94.9 cm³/mol. The summed E-state index contributed by atoms with van der Waals surface area (Å²) in [4.78, 5) is 0. The standard InChI is InChI=1S/C18H19FN2O3S/c1-17(2)18(3,25(22,23)21-16(20)24-17)14-8-4-12(5-9-14)13-6-10-15(19)11-7-13/h4-11H,1-3H3,(H2,20,21). The number of hydrogen-bond acceptors (Lipinski definition) is 4. The van der Waals surface area contributed by atoms with E-state index in [0.29, 0.717) is 5.56 Å². The van der Waals surface area contributed by atoms with Gasteiger partial charge in [0, 0.05) is 0 Å². The number of halogens is 1. The third kappa shape index (κ3) is 2.68. The first-order valence-electron chi connectivity index (χ1n) is 7.72. The van der Waals surface area contributed by atoms with Crippen LogP contribution < -0.4 is 5.73 Å². The first-order valence-corrected chi connectivity index (χ1v) is 9.16. The molecule has 7 heteroatoms. The molecule has 5 nitrogen and oxygen atoms in total. The summed E-state index contributed by atoms with van der Waals surface area (Å²) in [6.45, 7) is 4.91. The molecule has 1 aliphatic rings. The molecule has 2 aromatic rings. The Hall–Kier alpha value is -2.41. The van der Waals surface area contributed by atoms with Gasteiger partial charge in [0.15, 0.2) is 4.75 Å². The summed E-state index contributed by atoms with van der Waals surface area (Å²) in [6, 6.07) is 12.8. The predicted octanol–water partition coefficient (Wildman–Crippen LogP) is 3.16. The Kier molecular flexibility index (Phi) is 3.87. The molecule has 1 unspecified atom stereocenters. The zero-order valence-corrected chi connectivity index (χ0v) is 15.0. The van der Waals surface area contributed by atoms with Gasteiger partial charge in [-0.1, -0.05) is 36.4 Å². The number of sulfonamides is 1. The molecule has 3 rings (SSSR count). The molecule has 0 aliphatic carbocycles. The van der Waals surface area contributed by atoms with E-state index in [1.807, 2.05) is 0 Å². The Balaban J connectivity index is 2.08. The number of nitrogens with two attached hydrogens (primary N) is 1. The van der Waals surface area contributed by atoms with Crippen LogP contribution in [-0.2, 0) is 19.5 Å². The zero-order chi connectivity index (χ0) is 18.5. The molecule has 25 heavy (non-hydrogen) atoms. The molecule has 2 aromatic carbocycles. The van der Waals surface area contributed by atoms with Gasteiger partial charge in [-0.3, -0.25) is 0 Å². The molecule has 0 bridgehead atoms. The maximum atomic E-state index is 13.1. The van der Waals surface area contributed by atoms with E-state index in [0.717, 1.165) is 11.1 Å². The third-order valence-corrected chi connectivity index (χ3v) is 7.03. The molecular weight excluding hydrogens is 343 g/mol. The molecule has 0 amide bonds. The Morgan fingerprint density at radius 2 is 1.44 bits per heavy atom. The lowest BCUT2D eigenvalue weighted by Crippen LogP contribution is -2.57. The van der Waals surface area contributed by atoms with Gasteiger partial charge in [-0.25, -0.2) is 12.8 Å². The zero-order valence-electron chi connectivity index (χ0n) is 14.2. The Labute approximate surface area is 146 Å². The van der Waals surface area contributed by atoms with Crippen LogP contribution in [0.1, 0.15) is 26.3 Å². The van der Waals surface area contributed by atoms with Crippen molar-refractivity contribution in [3.63, 3.8) is 0 Å². The maximum Gasteiger partial charge on any atom is 0.298 e. The van der Waals surface area contributed by atoms with E-state index in [-0.39, 0.29) is 11.8 Å². The fraction of sp³-hybridized carbons (Fsp3) is 0.278. The molecule has 0 saturated carbocycles. The molecule has 0 saturated heterocycles. The van der Waals surface area contributed by atoms with Crippen LogP contribution in [0.3, 0.4) is 0 Å². The van der Waals surface area contributed by atoms with E-state index in [4.69, 9.17) is 10.5 Å². The van der Waals surface area contributed by atoms with Crippen molar-refractivity contribution in [3.05, 3.63) is 59.9 Å². The highest BCUT2D eigenvalue weighted by Gasteiger charge is 2.57. The van der Waals surface area contributed by atoms with Crippen LogP contribution in [0.2, 0.25) is 0 Å². The van der Waals surface area contributed by atoms with Crippen LogP contribution in [0.5, 0.6) is 0 Å². The minimum absolute atomic E-state index is 0.310. The van der Waals surface area contributed by atoms with Crippen molar-refractivity contribution in [2.24, 2.45) is 10.1 Å². The Bertz CT molecular complexity index is 935. The fourth-order valence-electron chi connectivity index (χ4n) is 3.02. The van der Waals surface area contributed by atoms with Gasteiger partial charge < -0.3 is 10.5 Å². The Morgan fingerprint density at radius 3 is 1.92 bits per heavy atom. The highest BCUT2D eigenvalue weighted by Crippen LogP contribution is 2.46. The normalized spacial score (nSPS) is 24.2. The van der Waals surface area contributed by atoms with Gasteiger partial charge in [-0.15, -0.1) is 4.40 Å². The molecule has 1 heterocycles. The largest absolute Gasteiger partial charge is 0.457 e. The highest BCUT2D eigenvalue weighted by atomic mass is 32.2. The number of rotatable bonds is 2. The molecule has 1 atom stereocenters. The average molecular weight is 362 g/mol. The molecule has 0 spiro atoms.